The summed E-state index contributed by atoms with van der Waals surface area (Å²) in [6.45, 7) is 10.4. The van der Waals surface area contributed by atoms with E-state index in [1.165, 1.54) is 6.20 Å². The SMILES string of the molecule is CCNC(C)(C)C(=O)c1c(Cl)cnn1C(C)C. The van der Waals surface area contributed by atoms with Crippen molar-refractivity contribution in [2.45, 2.75) is 46.2 Å². The summed E-state index contributed by atoms with van der Waals surface area (Å²) in [4.78, 5) is 12.5. The summed E-state index contributed by atoms with van der Waals surface area (Å²) in [6, 6.07) is 0.110. The standard InChI is InChI=1S/C12H20ClN3O/c1-6-14-12(4,5)11(17)10-9(13)7-15-16(10)8(2)3/h7-8,14H,6H2,1-5H3. The lowest BCUT2D eigenvalue weighted by molar-refractivity contribution is 0.0871. The number of aromatic nitrogens is 2. The second kappa shape index (κ2) is 5.19. The Morgan fingerprint density at radius 3 is 2.65 bits per heavy atom. The molecule has 17 heavy (non-hydrogen) atoms. The third kappa shape index (κ3) is 2.87. The molecule has 0 aliphatic carbocycles. The lowest BCUT2D eigenvalue weighted by atomic mass is 9.96. The van der Waals surface area contributed by atoms with Crippen molar-refractivity contribution < 1.29 is 4.79 Å². The van der Waals surface area contributed by atoms with Crippen LogP contribution in [0.1, 0.15) is 51.1 Å². The van der Waals surface area contributed by atoms with Gasteiger partial charge < -0.3 is 5.32 Å². The molecular formula is C12H20ClN3O. The molecule has 0 aromatic carbocycles. The van der Waals surface area contributed by atoms with Crippen LogP contribution in [0.5, 0.6) is 0 Å². The highest BCUT2D eigenvalue weighted by atomic mass is 35.5. The van der Waals surface area contributed by atoms with Crippen molar-refractivity contribution >= 4 is 17.4 Å². The van der Waals surface area contributed by atoms with Gasteiger partial charge in [-0.05, 0) is 34.2 Å². The van der Waals surface area contributed by atoms with Gasteiger partial charge in [-0.15, -0.1) is 0 Å². The van der Waals surface area contributed by atoms with E-state index in [4.69, 9.17) is 11.6 Å². The monoisotopic (exact) mass is 257 g/mol. The maximum absolute atomic E-state index is 12.5. The molecule has 0 saturated heterocycles. The Labute approximate surface area is 107 Å². The van der Waals surface area contributed by atoms with Gasteiger partial charge in [-0.3, -0.25) is 9.48 Å². The van der Waals surface area contributed by atoms with Crippen molar-refractivity contribution in [1.82, 2.24) is 15.1 Å². The molecule has 0 aliphatic heterocycles. The van der Waals surface area contributed by atoms with Crippen LogP contribution >= 0.6 is 11.6 Å². The molecule has 1 rings (SSSR count). The fraction of sp³-hybridized carbons (Fsp3) is 0.667. The first-order valence-corrected chi connectivity index (χ1v) is 6.22. The van der Waals surface area contributed by atoms with Gasteiger partial charge in [-0.1, -0.05) is 18.5 Å². The third-order valence-corrected chi connectivity index (χ3v) is 2.92. The summed E-state index contributed by atoms with van der Waals surface area (Å²) in [6.07, 6.45) is 1.52. The van der Waals surface area contributed by atoms with E-state index in [1.807, 2.05) is 34.6 Å². The summed E-state index contributed by atoms with van der Waals surface area (Å²) >= 11 is 6.06. The second-order valence-corrected chi connectivity index (χ2v) is 5.27. The van der Waals surface area contributed by atoms with Gasteiger partial charge >= 0.3 is 0 Å². The van der Waals surface area contributed by atoms with Crippen molar-refractivity contribution in [3.8, 4) is 0 Å². The number of carbonyl (C=O) groups excluding carboxylic acids is 1. The van der Waals surface area contributed by atoms with Crippen molar-refractivity contribution in [2.24, 2.45) is 0 Å². The largest absolute Gasteiger partial charge is 0.305 e. The Morgan fingerprint density at radius 1 is 1.59 bits per heavy atom. The predicted molar refractivity (Wildman–Crippen MR) is 69.7 cm³/mol. The van der Waals surface area contributed by atoms with Crippen LogP contribution in [0.25, 0.3) is 0 Å². The molecule has 0 radical (unpaired) electrons. The first kappa shape index (κ1) is 14.2. The average molecular weight is 258 g/mol. The molecule has 0 aliphatic rings. The van der Waals surface area contributed by atoms with Crippen molar-refractivity contribution in [1.29, 1.82) is 0 Å². The molecule has 0 amide bonds. The number of likely N-dealkylation sites (N-methyl/N-ethyl adjacent to an activating group) is 1. The molecule has 1 aromatic heterocycles. The molecule has 0 fully saturated rings. The molecule has 4 nitrogen and oxygen atoms in total. The number of halogens is 1. The van der Waals surface area contributed by atoms with Crippen LogP contribution in [0.15, 0.2) is 6.20 Å². The summed E-state index contributed by atoms with van der Waals surface area (Å²) in [5, 5.41) is 7.71. The Kier molecular flexibility index (Phi) is 4.33. The third-order valence-electron chi connectivity index (χ3n) is 2.64. The van der Waals surface area contributed by atoms with E-state index >= 15 is 0 Å². The van der Waals surface area contributed by atoms with Gasteiger partial charge in [0.15, 0.2) is 0 Å². The van der Waals surface area contributed by atoms with Gasteiger partial charge in [0.05, 0.1) is 16.8 Å². The van der Waals surface area contributed by atoms with E-state index in [1.54, 1.807) is 4.68 Å². The number of hydrogen-bond acceptors (Lipinski definition) is 3. The smallest absolute Gasteiger partial charge is 0.201 e. The highest BCUT2D eigenvalue weighted by Gasteiger charge is 2.32. The molecule has 96 valence electrons. The van der Waals surface area contributed by atoms with Gasteiger partial charge in [-0.2, -0.15) is 5.10 Å². The van der Waals surface area contributed by atoms with Gasteiger partial charge in [-0.25, -0.2) is 0 Å². The Hall–Kier alpha value is -0.870. The fourth-order valence-corrected chi connectivity index (χ4v) is 1.98. The maximum atomic E-state index is 12.5. The molecule has 1 heterocycles. The van der Waals surface area contributed by atoms with Crippen LogP contribution in [0.4, 0.5) is 0 Å². The summed E-state index contributed by atoms with van der Waals surface area (Å²) in [7, 11) is 0. The van der Waals surface area contributed by atoms with E-state index in [0.717, 1.165) is 6.54 Å². The maximum Gasteiger partial charge on any atom is 0.201 e. The van der Waals surface area contributed by atoms with Crippen molar-refractivity contribution in [3.63, 3.8) is 0 Å². The fourth-order valence-electron chi connectivity index (χ4n) is 1.76. The van der Waals surface area contributed by atoms with Gasteiger partial charge in [0.1, 0.15) is 5.69 Å². The predicted octanol–water partition coefficient (Wildman–Crippen LogP) is 2.69. The summed E-state index contributed by atoms with van der Waals surface area (Å²) in [5.41, 5.74) is -0.155. The number of nitrogens with zero attached hydrogens (tertiary/aromatic N) is 2. The zero-order valence-electron chi connectivity index (χ0n) is 11.0. The molecular weight excluding hydrogens is 238 g/mol. The van der Waals surface area contributed by atoms with Crippen LogP contribution in [-0.2, 0) is 0 Å². The van der Waals surface area contributed by atoms with Gasteiger partial charge in [0.25, 0.3) is 0 Å². The van der Waals surface area contributed by atoms with Crippen LogP contribution in [0.2, 0.25) is 5.02 Å². The number of carbonyl (C=O) groups is 1. The van der Waals surface area contributed by atoms with E-state index in [0.29, 0.717) is 10.7 Å². The Balaban J connectivity index is 3.16. The van der Waals surface area contributed by atoms with E-state index < -0.39 is 5.54 Å². The first-order chi connectivity index (χ1) is 7.81. The first-order valence-electron chi connectivity index (χ1n) is 5.84. The van der Waals surface area contributed by atoms with Gasteiger partial charge in [0.2, 0.25) is 5.78 Å². The average Bonchev–Trinajstić information content (AvgIpc) is 2.58. The molecule has 0 spiro atoms. The highest BCUT2D eigenvalue weighted by Crippen LogP contribution is 2.23. The summed E-state index contributed by atoms with van der Waals surface area (Å²) in [5.74, 6) is -0.0319. The molecule has 1 aromatic rings. The molecule has 0 atom stereocenters. The number of hydrogen-bond donors (Lipinski definition) is 1. The van der Waals surface area contributed by atoms with E-state index in [-0.39, 0.29) is 11.8 Å². The van der Waals surface area contributed by atoms with Crippen LogP contribution in [0.3, 0.4) is 0 Å². The molecule has 0 saturated carbocycles. The number of ketones is 1. The Bertz CT molecular complexity index is 410. The quantitative estimate of drug-likeness (QED) is 0.825. The van der Waals surface area contributed by atoms with E-state index in [2.05, 4.69) is 10.4 Å². The minimum Gasteiger partial charge on any atom is -0.305 e. The highest BCUT2D eigenvalue weighted by molar-refractivity contribution is 6.34. The lowest BCUT2D eigenvalue weighted by Gasteiger charge is -2.25. The number of rotatable bonds is 5. The molecule has 1 N–H and O–H groups in total. The normalized spacial score (nSPS) is 12.2. The van der Waals surface area contributed by atoms with Crippen LogP contribution in [-0.4, -0.2) is 27.6 Å². The Morgan fingerprint density at radius 2 is 2.18 bits per heavy atom. The topological polar surface area (TPSA) is 46.9 Å². The number of Topliss-reactive ketones (excluding diaryl/α,β-unsaturated/α-hetero) is 1. The zero-order valence-corrected chi connectivity index (χ0v) is 11.8. The zero-order chi connectivity index (χ0) is 13.2. The molecule has 5 heteroatoms. The number of nitrogens with one attached hydrogen (secondary N) is 1. The minimum absolute atomic E-state index is 0.0319. The van der Waals surface area contributed by atoms with Crippen LogP contribution in [0, 0.1) is 0 Å². The van der Waals surface area contributed by atoms with Gasteiger partial charge in [0, 0.05) is 6.04 Å². The second-order valence-electron chi connectivity index (χ2n) is 4.86. The lowest BCUT2D eigenvalue weighted by Crippen LogP contribution is -2.47. The van der Waals surface area contributed by atoms with E-state index in [9.17, 15) is 4.79 Å². The summed E-state index contributed by atoms with van der Waals surface area (Å²) < 4.78 is 1.67. The molecule has 0 bridgehead atoms. The van der Waals surface area contributed by atoms with Crippen molar-refractivity contribution in [3.05, 3.63) is 16.9 Å². The molecule has 0 unspecified atom stereocenters. The van der Waals surface area contributed by atoms with Crippen LogP contribution < -0.4 is 5.32 Å². The minimum atomic E-state index is -0.634. The van der Waals surface area contributed by atoms with Crippen molar-refractivity contribution in [2.75, 3.05) is 6.54 Å².